The maximum absolute atomic E-state index is 13.2. The molecule has 0 spiro atoms. The van der Waals surface area contributed by atoms with Crippen LogP contribution in [0.25, 0.3) is 0 Å². The molecule has 12 heteroatoms. The Morgan fingerprint density at radius 2 is 1.90 bits per heavy atom. The van der Waals surface area contributed by atoms with Crippen molar-refractivity contribution in [2.45, 2.75) is 57.0 Å². The lowest BCUT2D eigenvalue weighted by Gasteiger charge is -2.22. The Labute approximate surface area is 245 Å². The molecular formula is C30H39N5O7. The van der Waals surface area contributed by atoms with Gasteiger partial charge in [-0.3, -0.25) is 24.0 Å². The van der Waals surface area contributed by atoms with E-state index in [-0.39, 0.29) is 44.4 Å². The number of fused-ring (bicyclic) bond motifs is 1. The number of hydrogen-bond acceptors (Lipinski definition) is 7. The van der Waals surface area contributed by atoms with Gasteiger partial charge in [0.2, 0.25) is 23.6 Å². The van der Waals surface area contributed by atoms with Crippen molar-refractivity contribution in [1.29, 1.82) is 0 Å². The minimum Gasteiger partial charge on any atom is -0.497 e. The second-order valence-electron chi connectivity index (χ2n) is 9.93. The van der Waals surface area contributed by atoms with E-state index in [1.54, 1.807) is 31.4 Å². The molecule has 0 saturated carbocycles. The number of nitrogens with one attached hydrogen (secondary N) is 4. The van der Waals surface area contributed by atoms with Crippen molar-refractivity contribution >= 4 is 29.5 Å². The van der Waals surface area contributed by atoms with Gasteiger partial charge in [0.1, 0.15) is 23.6 Å². The molecule has 226 valence electrons. The summed E-state index contributed by atoms with van der Waals surface area (Å²) in [5.41, 5.74) is 6.55. The van der Waals surface area contributed by atoms with Gasteiger partial charge in [0.05, 0.1) is 19.3 Å². The minimum atomic E-state index is -1.03. The maximum Gasteiger partial charge on any atom is 0.255 e. The highest BCUT2D eigenvalue weighted by molar-refractivity contribution is 5.99. The monoisotopic (exact) mass is 581 g/mol. The van der Waals surface area contributed by atoms with Crippen molar-refractivity contribution in [3.8, 4) is 11.5 Å². The minimum absolute atomic E-state index is 0.0214. The smallest absolute Gasteiger partial charge is 0.255 e. The third-order valence-corrected chi connectivity index (χ3v) is 6.70. The average molecular weight is 582 g/mol. The van der Waals surface area contributed by atoms with Crippen LogP contribution in [0.4, 0.5) is 0 Å². The lowest BCUT2D eigenvalue weighted by molar-refractivity contribution is -0.130. The molecule has 2 aromatic rings. The van der Waals surface area contributed by atoms with Crippen molar-refractivity contribution < 1.29 is 33.4 Å². The number of nitrogens with two attached hydrogens (primary N) is 1. The van der Waals surface area contributed by atoms with Crippen LogP contribution in [0.3, 0.4) is 0 Å². The largest absolute Gasteiger partial charge is 0.497 e. The van der Waals surface area contributed by atoms with Crippen LogP contribution in [0.2, 0.25) is 0 Å². The van der Waals surface area contributed by atoms with Gasteiger partial charge in [0.25, 0.3) is 5.91 Å². The van der Waals surface area contributed by atoms with Crippen LogP contribution in [0.5, 0.6) is 11.5 Å². The van der Waals surface area contributed by atoms with E-state index >= 15 is 0 Å². The molecule has 0 radical (unpaired) electrons. The second-order valence-corrected chi connectivity index (χ2v) is 9.93. The zero-order valence-corrected chi connectivity index (χ0v) is 23.8. The summed E-state index contributed by atoms with van der Waals surface area (Å²) in [4.78, 5) is 63.2. The molecule has 0 bridgehead atoms. The molecule has 3 rings (SSSR count). The van der Waals surface area contributed by atoms with Gasteiger partial charge in [-0.1, -0.05) is 24.3 Å². The van der Waals surface area contributed by atoms with E-state index in [1.165, 1.54) is 0 Å². The molecule has 1 aliphatic heterocycles. The van der Waals surface area contributed by atoms with E-state index in [4.69, 9.17) is 15.2 Å². The number of carbonyl (C=O) groups is 5. The number of hydrogen-bond donors (Lipinski definition) is 5. The van der Waals surface area contributed by atoms with Crippen molar-refractivity contribution in [1.82, 2.24) is 21.3 Å². The van der Waals surface area contributed by atoms with Gasteiger partial charge in [-0.25, -0.2) is 0 Å². The highest BCUT2D eigenvalue weighted by atomic mass is 16.5. The summed E-state index contributed by atoms with van der Waals surface area (Å²) >= 11 is 0. The SMILES string of the molecule is COc1cccc(CCCNC(=O)[C@@H]2CCC(=O)N[C@@H](CCC(N)=O)C(=O)NCCCOc3ccccc3C(=O)N2)c1. The van der Waals surface area contributed by atoms with Crippen molar-refractivity contribution in [2.24, 2.45) is 5.73 Å². The lowest BCUT2D eigenvalue weighted by Crippen LogP contribution is -2.49. The fourth-order valence-electron chi connectivity index (χ4n) is 4.43. The van der Waals surface area contributed by atoms with Crippen LogP contribution in [0.1, 0.15) is 54.4 Å². The van der Waals surface area contributed by atoms with Crippen molar-refractivity contribution in [2.75, 3.05) is 26.8 Å². The summed E-state index contributed by atoms with van der Waals surface area (Å²) in [6, 6.07) is 12.3. The highest BCUT2D eigenvalue weighted by Gasteiger charge is 2.26. The first kappa shape index (κ1) is 31.9. The van der Waals surface area contributed by atoms with E-state index in [0.717, 1.165) is 11.3 Å². The van der Waals surface area contributed by atoms with Crippen molar-refractivity contribution in [3.63, 3.8) is 0 Å². The van der Waals surface area contributed by atoms with Crippen LogP contribution < -0.4 is 36.5 Å². The van der Waals surface area contributed by atoms with Crippen molar-refractivity contribution in [3.05, 3.63) is 59.7 Å². The summed E-state index contributed by atoms with van der Waals surface area (Å²) in [6.45, 7) is 0.819. The molecule has 2 atom stereocenters. The molecule has 12 nitrogen and oxygen atoms in total. The number of methoxy groups -OCH3 is 1. The van der Waals surface area contributed by atoms with Gasteiger partial charge in [-0.2, -0.15) is 0 Å². The van der Waals surface area contributed by atoms with Gasteiger partial charge in [-0.15, -0.1) is 0 Å². The van der Waals surface area contributed by atoms with Gasteiger partial charge in [0.15, 0.2) is 0 Å². The first-order chi connectivity index (χ1) is 20.3. The Bertz CT molecular complexity index is 1250. The summed E-state index contributed by atoms with van der Waals surface area (Å²) in [5, 5.41) is 10.9. The number of amides is 5. The van der Waals surface area contributed by atoms with Crippen LogP contribution in [-0.2, 0) is 25.6 Å². The van der Waals surface area contributed by atoms with Gasteiger partial charge in [0, 0.05) is 25.9 Å². The number of rotatable bonds is 9. The molecule has 0 aliphatic carbocycles. The molecule has 1 aliphatic rings. The van der Waals surface area contributed by atoms with E-state index in [0.29, 0.717) is 31.6 Å². The first-order valence-electron chi connectivity index (χ1n) is 14.1. The maximum atomic E-state index is 13.2. The Balaban J connectivity index is 1.71. The molecule has 0 saturated heterocycles. The quantitative estimate of drug-likeness (QED) is 0.274. The second kappa shape index (κ2) is 16.6. The summed E-state index contributed by atoms with van der Waals surface area (Å²) in [6.07, 6.45) is 1.55. The number of ether oxygens (including phenoxy) is 2. The molecule has 0 unspecified atom stereocenters. The third-order valence-electron chi connectivity index (χ3n) is 6.70. The fourth-order valence-corrected chi connectivity index (χ4v) is 4.43. The van der Waals surface area contributed by atoms with Crippen LogP contribution in [-0.4, -0.2) is 68.4 Å². The zero-order chi connectivity index (χ0) is 30.3. The van der Waals surface area contributed by atoms with Crippen LogP contribution >= 0.6 is 0 Å². The molecule has 1 heterocycles. The van der Waals surface area contributed by atoms with Gasteiger partial charge < -0.3 is 36.5 Å². The third kappa shape index (κ3) is 10.4. The predicted molar refractivity (Wildman–Crippen MR) is 155 cm³/mol. The average Bonchev–Trinajstić information content (AvgIpc) is 2.98. The molecule has 2 aromatic carbocycles. The van der Waals surface area contributed by atoms with E-state index in [9.17, 15) is 24.0 Å². The van der Waals surface area contributed by atoms with Gasteiger partial charge >= 0.3 is 0 Å². The Morgan fingerprint density at radius 3 is 2.69 bits per heavy atom. The summed E-state index contributed by atoms with van der Waals surface area (Å²) < 4.78 is 11.0. The molecule has 0 fully saturated rings. The molecule has 6 N–H and O–H groups in total. The first-order valence-corrected chi connectivity index (χ1v) is 14.1. The van der Waals surface area contributed by atoms with Crippen LogP contribution in [0.15, 0.2) is 48.5 Å². The number of para-hydroxylation sites is 1. The van der Waals surface area contributed by atoms with E-state index in [2.05, 4.69) is 21.3 Å². The number of benzene rings is 2. The number of aryl methyl sites for hydroxylation is 1. The summed E-state index contributed by atoms with van der Waals surface area (Å²) in [5.74, 6) is -1.41. The molecule has 0 aromatic heterocycles. The van der Waals surface area contributed by atoms with E-state index in [1.807, 2.05) is 24.3 Å². The Hall–Kier alpha value is -4.61. The molecule has 5 amide bonds. The summed E-state index contributed by atoms with van der Waals surface area (Å²) in [7, 11) is 1.60. The van der Waals surface area contributed by atoms with Gasteiger partial charge in [-0.05, 0) is 61.9 Å². The topological polar surface area (TPSA) is 178 Å². The fraction of sp³-hybridized carbons (Fsp3) is 0.433. The Kier molecular flexibility index (Phi) is 12.6. The Morgan fingerprint density at radius 1 is 1.10 bits per heavy atom. The highest BCUT2D eigenvalue weighted by Crippen LogP contribution is 2.19. The van der Waals surface area contributed by atoms with Crippen LogP contribution in [0, 0.1) is 0 Å². The normalized spacial score (nSPS) is 18.4. The predicted octanol–water partition coefficient (Wildman–Crippen LogP) is 0.972. The number of primary amides is 1. The number of carbonyl (C=O) groups excluding carboxylic acids is 5. The standard InChI is InChI=1S/C30H39N5O7/c1-41-21-9-4-7-20(19-21)8-5-16-32-30(40)24-13-15-27(37)34-23(12-14-26(31)36)29(39)33-17-6-18-42-25-11-3-2-10-22(25)28(38)35-24/h2-4,7,9-11,19,23-24H,5-6,8,12-18H2,1H3,(H2,31,36)(H,32,40)(H,33,39)(H,34,37)(H,35,38)/t23-,24-/m0/s1. The molecule has 42 heavy (non-hydrogen) atoms. The van der Waals surface area contributed by atoms with E-state index < -0.39 is 41.6 Å². The zero-order valence-electron chi connectivity index (χ0n) is 23.8. The lowest BCUT2D eigenvalue weighted by atomic mass is 10.1. The molecular weight excluding hydrogens is 542 g/mol.